The van der Waals surface area contributed by atoms with Gasteiger partial charge in [0.2, 0.25) is 0 Å². The minimum atomic E-state index is -2.19. The van der Waals surface area contributed by atoms with Crippen molar-refractivity contribution in [2.24, 2.45) is 5.92 Å². The van der Waals surface area contributed by atoms with E-state index in [1.165, 1.54) is 0 Å². The average Bonchev–Trinajstić information content (AvgIpc) is 2.05. The fourth-order valence-corrected chi connectivity index (χ4v) is 2.54. The average molecular weight is 208 g/mol. The number of aliphatic hydroxyl groups is 1. The molecule has 0 aliphatic heterocycles. The Bertz CT molecular complexity index is 196. The molecule has 0 spiro atoms. The van der Waals surface area contributed by atoms with Gasteiger partial charge < -0.3 is 9.67 Å². The molecule has 0 saturated heterocycles. The van der Waals surface area contributed by atoms with Crippen molar-refractivity contribution in [3.05, 3.63) is 0 Å². The van der Waals surface area contributed by atoms with E-state index in [-0.39, 0.29) is 12.5 Å². The van der Waals surface area contributed by atoms with Gasteiger partial charge in [-0.1, -0.05) is 20.3 Å². The second kappa shape index (κ2) is 8.18. The summed E-state index contributed by atoms with van der Waals surface area (Å²) in [7, 11) is -2.19. The van der Waals surface area contributed by atoms with Crippen LogP contribution >= 0.6 is 7.14 Å². The molecule has 4 nitrogen and oxygen atoms in total. The van der Waals surface area contributed by atoms with Gasteiger partial charge in [0.25, 0.3) is 0 Å². The number of aliphatic hydroxyl groups excluding tert-OH is 1. The summed E-state index contributed by atoms with van der Waals surface area (Å²) in [5.41, 5.74) is 0. The maximum absolute atomic E-state index is 11.3. The van der Waals surface area contributed by atoms with Crippen LogP contribution in [-0.2, 0) is 14.2 Å². The lowest BCUT2D eigenvalue weighted by molar-refractivity contribution is -0.191. The van der Waals surface area contributed by atoms with Crippen LogP contribution in [0, 0.1) is 5.92 Å². The molecule has 1 N–H and O–H groups in total. The van der Waals surface area contributed by atoms with Crippen LogP contribution < -0.4 is 0 Å². The molecule has 0 aromatic carbocycles. The van der Waals surface area contributed by atoms with Gasteiger partial charge in [0.1, 0.15) is 7.14 Å². The molecule has 5 heteroatoms. The Morgan fingerprint density at radius 2 is 1.85 bits per heavy atom. The Kier molecular flexibility index (Phi) is 9.48. The predicted octanol–water partition coefficient (Wildman–Crippen LogP) is 1.39. The van der Waals surface area contributed by atoms with E-state index < -0.39 is 7.14 Å². The van der Waals surface area contributed by atoms with Crippen LogP contribution in [0.4, 0.5) is 0 Å². The van der Waals surface area contributed by atoms with Gasteiger partial charge in [-0.05, 0) is 12.6 Å². The summed E-state index contributed by atoms with van der Waals surface area (Å²) in [5, 5.41) is 8.68. The minimum absolute atomic E-state index is 0.142. The van der Waals surface area contributed by atoms with Gasteiger partial charge in [0, 0.05) is 6.16 Å². The molecule has 13 heavy (non-hydrogen) atoms. The van der Waals surface area contributed by atoms with E-state index in [1.54, 1.807) is 6.66 Å². The van der Waals surface area contributed by atoms with Crippen molar-refractivity contribution in [1.82, 2.24) is 0 Å². The largest absolute Gasteiger partial charge is 0.389 e. The van der Waals surface area contributed by atoms with Gasteiger partial charge in [0.05, 0.1) is 6.35 Å². The third-order valence-electron chi connectivity index (χ3n) is 1.69. The molecule has 0 rings (SSSR count). The summed E-state index contributed by atoms with van der Waals surface area (Å²) in [6.07, 6.45) is 1.83. The monoisotopic (exact) mass is 208 g/mol. The van der Waals surface area contributed by atoms with Crippen LogP contribution in [-0.4, -0.2) is 30.4 Å². The van der Waals surface area contributed by atoms with Gasteiger partial charge in [-0.25, -0.2) is 0 Å². The highest BCUT2D eigenvalue weighted by Crippen LogP contribution is 2.41. The third-order valence-corrected chi connectivity index (χ3v) is 3.69. The summed E-state index contributed by atoms with van der Waals surface area (Å²) < 4.78 is 11.3. The first kappa shape index (κ1) is 15.1. The van der Waals surface area contributed by atoms with Gasteiger partial charge in [-0.3, -0.25) is 0 Å². The Morgan fingerprint density at radius 3 is 2.08 bits per heavy atom. The van der Waals surface area contributed by atoms with Crippen LogP contribution in [0.5, 0.6) is 0 Å². The maximum Gasteiger partial charge on any atom is 0.373 e. The van der Waals surface area contributed by atoms with Crippen molar-refractivity contribution in [1.29, 1.82) is 0 Å². The molecule has 0 aliphatic rings. The van der Waals surface area contributed by atoms with Crippen molar-refractivity contribution in [2.75, 3.05) is 19.2 Å². The number of carbonyl (C=O) groups excluding carboxylic acids is 2. The minimum Gasteiger partial charge on any atom is -0.389 e. The summed E-state index contributed by atoms with van der Waals surface area (Å²) in [6, 6.07) is 0. The Hall–Kier alpha value is -0.430. The second-order valence-electron chi connectivity index (χ2n) is 3.22. The van der Waals surface area contributed by atoms with E-state index >= 15 is 0 Å². The van der Waals surface area contributed by atoms with E-state index in [2.05, 4.69) is 13.8 Å². The van der Waals surface area contributed by atoms with Gasteiger partial charge >= 0.3 is 6.15 Å². The lowest BCUT2D eigenvalue weighted by atomic mass is 10.2. The van der Waals surface area contributed by atoms with Crippen LogP contribution in [0.3, 0.4) is 0 Å². The number of hydrogen-bond donors (Lipinski definition) is 1. The van der Waals surface area contributed by atoms with Crippen molar-refractivity contribution >= 4 is 13.3 Å². The maximum atomic E-state index is 11.3. The SMILES string of the molecule is CC[C@H](C)C[P@@](C)(=O)CO.O=C=O. The van der Waals surface area contributed by atoms with E-state index in [0.717, 1.165) is 6.42 Å². The van der Waals surface area contributed by atoms with Crippen LogP contribution in [0.1, 0.15) is 20.3 Å². The topological polar surface area (TPSA) is 71.4 Å². The Labute approximate surface area is 78.7 Å². The summed E-state index contributed by atoms with van der Waals surface area (Å²) in [6.45, 7) is 5.80. The second-order valence-corrected chi connectivity index (χ2v) is 6.46. The van der Waals surface area contributed by atoms with Crippen molar-refractivity contribution < 1.29 is 19.3 Å². The zero-order valence-electron chi connectivity index (χ0n) is 8.32. The smallest absolute Gasteiger partial charge is 0.373 e. The third kappa shape index (κ3) is 11.6. The van der Waals surface area contributed by atoms with Crippen molar-refractivity contribution in [2.45, 2.75) is 20.3 Å². The molecule has 0 fully saturated rings. The normalized spacial score (nSPS) is 16.0. The standard InChI is InChI=1S/C7H17O2P.CO2/c1-4-7(2)5-10(3,9)6-8;2-1-3/h7-8H,4-6H2,1-3H3;/t7-,10+;/m0./s1. The molecule has 0 aromatic rings. The van der Waals surface area contributed by atoms with Gasteiger partial charge in [-0.15, -0.1) is 0 Å². The summed E-state index contributed by atoms with van der Waals surface area (Å²) in [4.78, 5) is 16.2. The molecule has 0 saturated carbocycles. The van der Waals surface area contributed by atoms with E-state index in [0.29, 0.717) is 12.1 Å². The fourth-order valence-electron chi connectivity index (χ4n) is 0.846. The van der Waals surface area contributed by atoms with E-state index in [4.69, 9.17) is 14.7 Å². The van der Waals surface area contributed by atoms with E-state index in [1.807, 2.05) is 0 Å². The molecular formula is C8H17O4P. The predicted molar refractivity (Wildman–Crippen MR) is 49.9 cm³/mol. The number of hydrogen-bond acceptors (Lipinski definition) is 4. The van der Waals surface area contributed by atoms with Gasteiger partial charge in [-0.2, -0.15) is 9.59 Å². The van der Waals surface area contributed by atoms with Crippen LogP contribution in [0.15, 0.2) is 0 Å². The molecule has 0 radical (unpaired) electrons. The first-order chi connectivity index (χ1) is 5.93. The van der Waals surface area contributed by atoms with Crippen LogP contribution in [0.2, 0.25) is 0 Å². The molecular weight excluding hydrogens is 191 g/mol. The highest BCUT2D eigenvalue weighted by atomic mass is 31.2. The van der Waals surface area contributed by atoms with Crippen molar-refractivity contribution in [3.8, 4) is 0 Å². The number of rotatable bonds is 4. The fraction of sp³-hybridized carbons (Fsp3) is 0.875. The Balaban J connectivity index is 0. The molecule has 0 unspecified atom stereocenters. The molecule has 0 aliphatic carbocycles. The molecule has 0 heterocycles. The lowest BCUT2D eigenvalue weighted by Gasteiger charge is -2.13. The van der Waals surface area contributed by atoms with Crippen molar-refractivity contribution in [3.63, 3.8) is 0 Å². The van der Waals surface area contributed by atoms with E-state index in [9.17, 15) is 4.57 Å². The van der Waals surface area contributed by atoms with Crippen LogP contribution in [0.25, 0.3) is 0 Å². The molecule has 78 valence electrons. The highest BCUT2D eigenvalue weighted by Gasteiger charge is 2.16. The first-order valence-electron chi connectivity index (χ1n) is 4.09. The molecule has 0 aromatic heterocycles. The molecule has 0 bridgehead atoms. The molecule has 2 atom stereocenters. The van der Waals surface area contributed by atoms with Gasteiger partial charge in [0.15, 0.2) is 0 Å². The quantitative estimate of drug-likeness (QED) is 0.708. The summed E-state index contributed by atoms with van der Waals surface area (Å²) >= 11 is 0. The lowest BCUT2D eigenvalue weighted by Crippen LogP contribution is -2.02. The first-order valence-corrected chi connectivity index (χ1v) is 6.61. The Morgan fingerprint density at radius 1 is 1.46 bits per heavy atom. The highest BCUT2D eigenvalue weighted by molar-refractivity contribution is 7.62. The summed E-state index contributed by atoms with van der Waals surface area (Å²) in [5.74, 6) is 0.475. The zero-order chi connectivity index (χ0) is 10.9. The molecule has 0 amide bonds. The zero-order valence-corrected chi connectivity index (χ0v) is 9.21.